The summed E-state index contributed by atoms with van der Waals surface area (Å²) in [7, 11) is -3.67. The zero-order valence-corrected chi connectivity index (χ0v) is 20.1. The predicted octanol–water partition coefficient (Wildman–Crippen LogP) is 4.25. The maximum Gasteiger partial charge on any atom is 0.349 e. The van der Waals surface area contributed by atoms with E-state index in [9.17, 15) is 18.0 Å². The van der Waals surface area contributed by atoms with Crippen molar-refractivity contribution in [2.45, 2.75) is 56.4 Å². The highest BCUT2D eigenvalue weighted by molar-refractivity contribution is 7.89. The minimum absolute atomic E-state index is 0.0665. The van der Waals surface area contributed by atoms with E-state index in [1.165, 1.54) is 51.2 Å². The van der Waals surface area contributed by atoms with Gasteiger partial charge in [0.2, 0.25) is 10.0 Å². The van der Waals surface area contributed by atoms with Crippen molar-refractivity contribution in [2.75, 3.05) is 18.4 Å². The van der Waals surface area contributed by atoms with Crippen molar-refractivity contribution in [1.29, 1.82) is 0 Å². The lowest BCUT2D eigenvalue weighted by Gasteiger charge is -2.26. The number of carbonyl (C=O) groups is 2. The normalized spacial score (nSPS) is 17.6. The van der Waals surface area contributed by atoms with E-state index in [0.29, 0.717) is 18.0 Å². The number of rotatable bonds is 6. The van der Waals surface area contributed by atoms with Gasteiger partial charge >= 0.3 is 5.97 Å². The Bertz CT molecular complexity index is 1120. The van der Waals surface area contributed by atoms with Gasteiger partial charge in [-0.3, -0.25) is 4.79 Å². The van der Waals surface area contributed by atoms with Crippen molar-refractivity contribution < 1.29 is 22.7 Å². The maximum absolute atomic E-state index is 12.9. The third kappa shape index (κ3) is 4.85. The van der Waals surface area contributed by atoms with Crippen molar-refractivity contribution in [1.82, 2.24) is 4.31 Å². The Hall–Kier alpha value is -1.94. The number of amides is 1. The second-order valence-corrected chi connectivity index (χ2v) is 11.5. The van der Waals surface area contributed by atoms with Gasteiger partial charge in [0.1, 0.15) is 4.88 Å². The second kappa shape index (κ2) is 9.51. The number of anilines is 1. The Kier molecular flexibility index (Phi) is 6.90. The smallest absolute Gasteiger partial charge is 0.349 e. The lowest BCUT2D eigenvalue weighted by molar-refractivity contribution is -0.123. The first-order chi connectivity index (χ1) is 15.3. The Labute approximate surface area is 196 Å². The Morgan fingerprint density at radius 2 is 1.88 bits per heavy atom. The molecule has 1 aliphatic heterocycles. The fourth-order valence-corrected chi connectivity index (χ4v) is 6.80. The number of esters is 1. The number of ether oxygens (including phenoxy) is 1. The standard InChI is InChI=1S/C22H25ClN2O5S2/c1-14(30-22(27)20-12-15-6-5-7-19(15)31-20)21(26)24-18-13-16(8-9-17(18)23)32(28,29)25-10-3-2-4-11-25/h8-9,12-14H,2-7,10-11H2,1H3,(H,24,26)/t14-/m0/s1. The van der Waals surface area contributed by atoms with Crippen LogP contribution in [0, 0.1) is 0 Å². The quantitative estimate of drug-likeness (QED) is 0.603. The molecule has 32 heavy (non-hydrogen) atoms. The van der Waals surface area contributed by atoms with Crippen LogP contribution in [0.2, 0.25) is 5.02 Å². The summed E-state index contributed by atoms with van der Waals surface area (Å²) in [6.07, 6.45) is 4.63. The largest absolute Gasteiger partial charge is 0.448 e. The number of fused-ring (bicyclic) bond motifs is 1. The molecule has 0 saturated carbocycles. The first-order valence-electron chi connectivity index (χ1n) is 10.7. The first kappa shape index (κ1) is 23.2. The summed E-state index contributed by atoms with van der Waals surface area (Å²) < 4.78 is 32.6. The summed E-state index contributed by atoms with van der Waals surface area (Å²) >= 11 is 7.61. The highest BCUT2D eigenvalue weighted by Gasteiger charge is 2.28. The molecular weight excluding hydrogens is 472 g/mol. The van der Waals surface area contributed by atoms with Crippen LogP contribution in [0.1, 0.15) is 52.7 Å². The van der Waals surface area contributed by atoms with Crippen molar-refractivity contribution in [3.05, 3.63) is 44.6 Å². The second-order valence-electron chi connectivity index (χ2n) is 8.06. The molecule has 7 nitrogen and oxygen atoms in total. The lowest BCUT2D eigenvalue weighted by Crippen LogP contribution is -2.35. The Morgan fingerprint density at radius 3 is 2.59 bits per heavy atom. The van der Waals surface area contributed by atoms with Gasteiger partial charge in [0, 0.05) is 18.0 Å². The van der Waals surface area contributed by atoms with Gasteiger partial charge in [0.15, 0.2) is 6.10 Å². The molecule has 2 heterocycles. The van der Waals surface area contributed by atoms with Crippen LogP contribution in [0.5, 0.6) is 0 Å². The molecule has 1 aromatic heterocycles. The van der Waals surface area contributed by atoms with Crippen LogP contribution in [-0.2, 0) is 32.4 Å². The zero-order chi connectivity index (χ0) is 22.9. The molecule has 1 aliphatic carbocycles. The predicted molar refractivity (Wildman–Crippen MR) is 124 cm³/mol. The van der Waals surface area contributed by atoms with E-state index in [2.05, 4.69) is 5.32 Å². The SMILES string of the molecule is C[C@H](OC(=O)c1cc2c(s1)CCC2)C(=O)Nc1cc(S(=O)(=O)N2CCCCC2)ccc1Cl. The molecule has 0 bridgehead atoms. The summed E-state index contributed by atoms with van der Waals surface area (Å²) in [4.78, 5) is 26.8. The topological polar surface area (TPSA) is 92.8 Å². The monoisotopic (exact) mass is 496 g/mol. The highest BCUT2D eigenvalue weighted by Crippen LogP contribution is 2.31. The third-order valence-electron chi connectivity index (χ3n) is 5.75. The van der Waals surface area contributed by atoms with E-state index in [0.717, 1.165) is 38.5 Å². The van der Waals surface area contributed by atoms with Crippen LogP contribution in [0.25, 0.3) is 0 Å². The van der Waals surface area contributed by atoms with Gasteiger partial charge in [-0.1, -0.05) is 18.0 Å². The van der Waals surface area contributed by atoms with Gasteiger partial charge in [0.25, 0.3) is 5.91 Å². The molecule has 1 N–H and O–H groups in total. The van der Waals surface area contributed by atoms with Gasteiger partial charge in [-0.25, -0.2) is 13.2 Å². The number of hydrogen-bond acceptors (Lipinski definition) is 6. The molecule has 172 valence electrons. The lowest BCUT2D eigenvalue weighted by atomic mass is 10.2. The van der Waals surface area contributed by atoms with Crippen LogP contribution in [0.4, 0.5) is 5.69 Å². The number of benzene rings is 1. The number of halogens is 1. The van der Waals surface area contributed by atoms with Crippen molar-refractivity contribution in [3.8, 4) is 0 Å². The molecule has 1 fully saturated rings. The molecule has 0 spiro atoms. The van der Waals surface area contributed by atoms with Crippen LogP contribution in [-0.4, -0.2) is 43.8 Å². The molecule has 2 aliphatic rings. The number of carbonyl (C=O) groups excluding carboxylic acids is 2. The molecule has 0 unspecified atom stereocenters. The fraction of sp³-hybridized carbons (Fsp3) is 0.455. The minimum Gasteiger partial charge on any atom is -0.448 e. The van der Waals surface area contributed by atoms with Crippen LogP contribution >= 0.6 is 22.9 Å². The average Bonchev–Trinajstić information content (AvgIpc) is 3.38. The summed E-state index contributed by atoms with van der Waals surface area (Å²) in [5, 5.41) is 2.79. The number of piperidine rings is 1. The van der Waals surface area contributed by atoms with Gasteiger partial charge in [0.05, 0.1) is 15.6 Å². The summed E-state index contributed by atoms with van der Waals surface area (Å²) in [6, 6.07) is 6.06. The van der Waals surface area contributed by atoms with Crippen molar-refractivity contribution in [2.24, 2.45) is 0 Å². The van der Waals surface area contributed by atoms with E-state index in [4.69, 9.17) is 16.3 Å². The molecule has 1 saturated heterocycles. The first-order valence-corrected chi connectivity index (χ1v) is 13.3. The molecule has 0 radical (unpaired) electrons. The van der Waals surface area contributed by atoms with Crippen molar-refractivity contribution in [3.63, 3.8) is 0 Å². The molecule has 2 aromatic rings. The van der Waals surface area contributed by atoms with E-state index in [1.54, 1.807) is 0 Å². The van der Waals surface area contributed by atoms with Gasteiger partial charge in [-0.15, -0.1) is 11.3 Å². The number of aryl methyl sites for hydroxylation is 2. The molecule has 1 atom stereocenters. The van der Waals surface area contributed by atoms with Gasteiger partial charge in [-0.2, -0.15) is 4.31 Å². The van der Waals surface area contributed by atoms with E-state index in [1.807, 2.05) is 6.07 Å². The molecule has 1 aromatic carbocycles. The summed E-state index contributed by atoms with van der Waals surface area (Å²) in [5.74, 6) is -1.13. The average molecular weight is 497 g/mol. The Balaban J connectivity index is 1.43. The van der Waals surface area contributed by atoms with E-state index < -0.39 is 28.0 Å². The number of sulfonamides is 1. The zero-order valence-electron chi connectivity index (χ0n) is 17.7. The number of hydrogen-bond donors (Lipinski definition) is 1. The maximum atomic E-state index is 12.9. The van der Waals surface area contributed by atoms with Crippen molar-refractivity contribution >= 4 is 50.5 Å². The number of nitrogens with one attached hydrogen (secondary N) is 1. The summed E-state index contributed by atoms with van der Waals surface area (Å²) in [5.41, 5.74) is 1.34. The van der Waals surface area contributed by atoms with Crippen LogP contribution in [0.3, 0.4) is 0 Å². The highest BCUT2D eigenvalue weighted by atomic mass is 35.5. The van der Waals surface area contributed by atoms with Gasteiger partial charge < -0.3 is 10.1 Å². The van der Waals surface area contributed by atoms with E-state index in [-0.39, 0.29) is 15.6 Å². The molecule has 10 heteroatoms. The van der Waals surface area contributed by atoms with Gasteiger partial charge in [-0.05, 0) is 68.9 Å². The molecule has 4 rings (SSSR count). The summed E-state index contributed by atoms with van der Waals surface area (Å²) in [6.45, 7) is 2.42. The van der Waals surface area contributed by atoms with E-state index >= 15 is 0 Å². The fourth-order valence-electron chi connectivity index (χ4n) is 3.95. The van der Waals surface area contributed by atoms with Crippen LogP contribution < -0.4 is 5.32 Å². The number of nitrogens with zero attached hydrogens (tertiary/aromatic N) is 1. The molecular formula is C22H25ClN2O5S2. The molecule has 1 amide bonds. The Morgan fingerprint density at radius 1 is 1.12 bits per heavy atom. The third-order valence-corrected chi connectivity index (χ3v) is 9.19. The number of thiophene rings is 1. The minimum atomic E-state index is -3.67. The van der Waals surface area contributed by atoms with Crippen LogP contribution in [0.15, 0.2) is 29.2 Å².